The number of rotatable bonds is 2. The van der Waals surface area contributed by atoms with Gasteiger partial charge in [-0.05, 0) is 18.4 Å². The monoisotopic (exact) mass is 169 g/mol. The molecule has 0 radical (unpaired) electrons. The van der Waals surface area contributed by atoms with Crippen molar-refractivity contribution in [3.8, 4) is 0 Å². The minimum Gasteiger partial charge on any atom is -0.476 e. The van der Waals surface area contributed by atoms with Crippen LogP contribution in [-0.4, -0.2) is 22.3 Å². The number of aromatic carboxylic acids is 1. The van der Waals surface area contributed by atoms with Crippen LogP contribution in [0.2, 0.25) is 0 Å². The van der Waals surface area contributed by atoms with Crippen molar-refractivity contribution in [3.05, 3.63) is 24.0 Å². The van der Waals surface area contributed by atoms with Gasteiger partial charge >= 0.3 is 5.97 Å². The van der Waals surface area contributed by atoms with Gasteiger partial charge in [-0.15, -0.1) is 11.8 Å². The molecule has 0 saturated heterocycles. The van der Waals surface area contributed by atoms with Crippen LogP contribution < -0.4 is 0 Å². The Morgan fingerprint density at radius 2 is 2.45 bits per heavy atom. The summed E-state index contributed by atoms with van der Waals surface area (Å²) >= 11 is 1.38. The first-order valence-electron chi connectivity index (χ1n) is 2.98. The number of carboxylic acids is 1. The lowest BCUT2D eigenvalue weighted by Gasteiger charge is -1.98. The number of hydrogen-bond acceptors (Lipinski definition) is 3. The summed E-state index contributed by atoms with van der Waals surface area (Å²) in [5.41, 5.74) is 0.125. The van der Waals surface area contributed by atoms with Gasteiger partial charge < -0.3 is 5.11 Å². The van der Waals surface area contributed by atoms with Gasteiger partial charge in [-0.1, -0.05) is 0 Å². The average Bonchev–Trinajstić information content (AvgIpc) is 2.04. The Kier molecular flexibility index (Phi) is 2.48. The molecule has 0 aromatic carbocycles. The van der Waals surface area contributed by atoms with Crippen LogP contribution in [-0.2, 0) is 0 Å². The molecule has 1 aromatic heterocycles. The van der Waals surface area contributed by atoms with Gasteiger partial charge in [0.2, 0.25) is 0 Å². The summed E-state index contributed by atoms with van der Waals surface area (Å²) in [6.45, 7) is 0. The van der Waals surface area contributed by atoms with Crippen LogP contribution in [0.25, 0.3) is 0 Å². The molecule has 0 aliphatic carbocycles. The second-order valence-electron chi connectivity index (χ2n) is 1.86. The van der Waals surface area contributed by atoms with Crippen LogP contribution in [0.4, 0.5) is 0 Å². The van der Waals surface area contributed by atoms with Crippen LogP contribution in [0.1, 0.15) is 10.5 Å². The van der Waals surface area contributed by atoms with E-state index in [9.17, 15) is 4.79 Å². The number of carboxylic acid groups (broad SMARTS) is 1. The standard InChI is InChI=1S/C7H7NO2S/c1-11-5-3-2-4-8-6(5)7(9)10/h2-4H,1H3,(H,9,10). The Balaban J connectivity index is 3.12. The minimum absolute atomic E-state index is 0.125. The Morgan fingerprint density at radius 1 is 1.73 bits per heavy atom. The first-order valence-corrected chi connectivity index (χ1v) is 4.20. The Hall–Kier alpha value is -1.03. The smallest absolute Gasteiger partial charge is 0.355 e. The van der Waals surface area contributed by atoms with E-state index >= 15 is 0 Å². The predicted octanol–water partition coefficient (Wildman–Crippen LogP) is 1.50. The number of hydrogen-bond donors (Lipinski definition) is 1. The third kappa shape index (κ3) is 1.71. The fourth-order valence-electron chi connectivity index (χ4n) is 0.716. The zero-order valence-corrected chi connectivity index (χ0v) is 6.76. The van der Waals surface area contributed by atoms with Gasteiger partial charge in [0, 0.05) is 11.1 Å². The molecule has 0 atom stereocenters. The van der Waals surface area contributed by atoms with E-state index in [0.29, 0.717) is 4.90 Å². The summed E-state index contributed by atoms with van der Waals surface area (Å²) in [4.78, 5) is 14.9. The molecule has 58 valence electrons. The number of aromatic nitrogens is 1. The second kappa shape index (κ2) is 3.39. The zero-order chi connectivity index (χ0) is 8.27. The van der Waals surface area contributed by atoms with Crippen molar-refractivity contribution in [1.82, 2.24) is 4.98 Å². The quantitative estimate of drug-likeness (QED) is 0.681. The summed E-state index contributed by atoms with van der Waals surface area (Å²) in [6.07, 6.45) is 3.30. The molecular formula is C7H7NO2S. The van der Waals surface area contributed by atoms with E-state index in [1.165, 1.54) is 18.0 Å². The van der Waals surface area contributed by atoms with Gasteiger partial charge in [0.1, 0.15) is 0 Å². The van der Waals surface area contributed by atoms with E-state index in [-0.39, 0.29) is 5.69 Å². The second-order valence-corrected chi connectivity index (χ2v) is 2.71. The topological polar surface area (TPSA) is 50.2 Å². The highest BCUT2D eigenvalue weighted by molar-refractivity contribution is 7.98. The summed E-state index contributed by atoms with van der Waals surface area (Å²) in [5, 5.41) is 8.62. The van der Waals surface area contributed by atoms with Crippen molar-refractivity contribution in [2.24, 2.45) is 0 Å². The van der Waals surface area contributed by atoms with Crippen LogP contribution >= 0.6 is 11.8 Å². The van der Waals surface area contributed by atoms with E-state index in [0.717, 1.165) is 0 Å². The maximum Gasteiger partial charge on any atom is 0.355 e. The van der Waals surface area contributed by atoms with E-state index in [1.807, 2.05) is 6.26 Å². The van der Waals surface area contributed by atoms with Gasteiger partial charge in [-0.3, -0.25) is 0 Å². The molecule has 0 fully saturated rings. The lowest BCUT2D eigenvalue weighted by atomic mass is 10.3. The largest absolute Gasteiger partial charge is 0.476 e. The van der Waals surface area contributed by atoms with E-state index < -0.39 is 5.97 Å². The van der Waals surface area contributed by atoms with Crippen LogP contribution in [0.3, 0.4) is 0 Å². The normalized spacial score (nSPS) is 9.55. The molecule has 3 nitrogen and oxygen atoms in total. The lowest BCUT2D eigenvalue weighted by molar-refractivity contribution is 0.0686. The number of nitrogens with zero attached hydrogens (tertiary/aromatic N) is 1. The van der Waals surface area contributed by atoms with Crippen molar-refractivity contribution in [1.29, 1.82) is 0 Å². The van der Waals surface area contributed by atoms with Crippen LogP contribution in [0.15, 0.2) is 23.2 Å². The molecule has 4 heteroatoms. The van der Waals surface area contributed by atoms with E-state index in [2.05, 4.69) is 4.98 Å². The fraction of sp³-hybridized carbons (Fsp3) is 0.143. The van der Waals surface area contributed by atoms with Gasteiger partial charge in [-0.25, -0.2) is 9.78 Å². The summed E-state index contributed by atoms with van der Waals surface area (Å²) in [6, 6.07) is 3.46. The molecule has 0 saturated carbocycles. The molecule has 1 aromatic rings. The predicted molar refractivity (Wildman–Crippen MR) is 43.0 cm³/mol. The van der Waals surface area contributed by atoms with E-state index in [1.54, 1.807) is 12.1 Å². The number of carbonyl (C=O) groups is 1. The zero-order valence-electron chi connectivity index (χ0n) is 5.94. The molecule has 0 unspecified atom stereocenters. The fourth-order valence-corrected chi connectivity index (χ4v) is 1.26. The third-order valence-corrected chi connectivity index (χ3v) is 1.96. The first kappa shape index (κ1) is 8.07. The molecular weight excluding hydrogens is 162 g/mol. The third-order valence-electron chi connectivity index (χ3n) is 1.19. The van der Waals surface area contributed by atoms with Crippen molar-refractivity contribution in [2.75, 3.05) is 6.26 Å². The van der Waals surface area contributed by atoms with Crippen molar-refractivity contribution >= 4 is 17.7 Å². The van der Waals surface area contributed by atoms with Crippen LogP contribution in [0, 0.1) is 0 Å². The molecule has 1 N–H and O–H groups in total. The Labute approximate surface area is 68.5 Å². The molecule has 0 aliphatic heterocycles. The van der Waals surface area contributed by atoms with Crippen molar-refractivity contribution in [2.45, 2.75) is 4.90 Å². The maximum absolute atomic E-state index is 10.5. The molecule has 0 aliphatic rings. The molecule has 0 bridgehead atoms. The average molecular weight is 169 g/mol. The van der Waals surface area contributed by atoms with Gasteiger partial charge in [0.25, 0.3) is 0 Å². The lowest BCUT2D eigenvalue weighted by Crippen LogP contribution is -2.01. The summed E-state index contributed by atoms with van der Waals surface area (Å²) in [7, 11) is 0. The molecule has 0 amide bonds. The molecule has 1 heterocycles. The first-order chi connectivity index (χ1) is 5.25. The Bertz CT molecular complexity index is 275. The highest BCUT2D eigenvalue weighted by atomic mass is 32.2. The van der Waals surface area contributed by atoms with Crippen LogP contribution in [0.5, 0.6) is 0 Å². The Morgan fingerprint density at radius 3 is 2.91 bits per heavy atom. The summed E-state index contributed by atoms with van der Waals surface area (Å²) in [5.74, 6) is -0.977. The van der Waals surface area contributed by atoms with E-state index in [4.69, 9.17) is 5.11 Å². The highest BCUT2D eigenvalue weighted by Crippen LogP contribution is 2.16. The molecule has 1 rings (SSSR count). The van der Waals surface area contributed by atoms with Gasteiger partial charge in [0.15, 0.2) is 5.69 Å². The number of pyridine rings is 1. The minimum atomic E-state index is -0.977. The SMILES string of the molecule is CSc1cccnc1C(=O)O. The van der Waals surface area contributed by atoms with Crippen molar-refractivity contribution < 1.29 is 9.90 Å². The maximum atomic E-state index is 10.5. The van der Waals surface area contributed by atoms with Gasteiger partial charge in [0.05, 0.1) is 0 Å². The molecule has 0 spiro atoms. The number of thioether (sulfide) groups is 1. The van der Waals surface area contributed by atoms with Crippen molar-refractivity contribution in [3.63, 3.8) is 0 Å². The summed E-state index contributed by atoms with van der Waals surface area (Å²) < 4.78 is 0. The highest BCUT2D eigenvalue weighted by Gasteiger charge is 2.08. The molecule has 11 heavy (non-hydrogen) atoms. The van der Waals surface area contributed by atoms with Gasteiger partial charge in [-0.2, -0.15) is 0 Å².